The van der Waals surface area contributed by atoms with E-state index in [2.05, 4.69) is 5.32 Å². The fraction of sp³-hybridized carbons (Fsp3) is 0.500. The predicted molar refractivity (Wildman–Crippen MR) is 70.5 cm³/mol. The van der Waals surface area contributed by atoms with Crippen molar-refractivity contribution in [2.75, 3.05) is 32.8 Å². The normalized spacial score (nSPS) is 19.8. The first-order valence-corrected chi connectivity index (χ1v) is 6.71. The van der Waals surface area contributed by atoms with E-state index in [4.69, 9.17) is 4.74 Å². The summed E-state index contributed by atoms with van der Waals surface area (Å²) in [5, 5.41) is 2.69. The fourth-order valence-corrected chi connectivity index (χ4v) is 2.34. The van der Waals surface area contributed by atoms with E-state index in [0.29, 0.717) is 19.6 Å². The molecular weight excluding hydrogens is 285 g/mol. The van der Waals surface area contributed by atoms with Crippen LogP contribution in [0.25, 0.3) is 0 Å². The van der Waals surface area contributed by atoms with E-state index < -0.39 is 24.9 Å². The number of nitrogens with zero attached hydrogens (tertiary/aromatic N) is 1. The average molecular weight is 302 g/mol. The van der Waals surface area contributed by atoms with Crippen LogP contribution in [-0.4, -0.2) is 50.1 Å². The van der Waals surface area contributed by atoms with E-state index in [-0.39, 0.29) is 18.1 Å². The molecule has 7 heteroatoms. The molecule has 1 atom stereocenters. The van der Waals surface area contributed by atoms with Gasteiger partial charge in [-0.15, -0.1) is 0 Å². The van der Waals surface area contributed by atoms with E-state index in [1.54, 1.807) is 23.1 Å². The molecule has 1 heterocycles. The number of halogens is 3. The monoisotopic (exact) mass is 302 g/mol. The molecule has 0 bridgehead atoms. The zero-order valence-corrected chi connectivity index (χ0v) is 11.4. The fourth-order valence-electron chi connectivity index (χ4n) is 2.34. The van der Waals surface area contributed by atoms with Crippen LogP contribution in [-0.2, 0) is 9.53 Å². The molecule has 1 aliphatic heterocycles. The molecule has 1 fully saturated rings. The van der Waals surface area contributed by atoms with Crippen LogP contribution in [0.5, 0.6) is 0 Å². The number of piperazine rings is 1. The molecule has 1 aliphatic rings. The minimum Gasteiger partial charge on any atom is -0.374 e. The number of nitrogens with one attached hydrogen (secondary N) is 1. The number of hydrogen-bond donors (Lipinski definition) is 1. The number of benzene rings is 1. The third kappa shape index (κ3) is 4.18. The Kier molecular flexibility index (Phi) is 5.58. The number of alkyl halides is 2. The van der Waals surface area contributed by atoms with Gasteiger partial charge in [-0.3, -0.25) is 9.69 Å². The minimum absolute atomic E-state index is 0.0720. The molecule has 1 saturated heterocycles. The van der Waals surface area contributed by atoms with Gasteiger partial charge >= 0.3 is 0 Å². The second kappa shape index (κ2) is 7.42. The Bertz CT molecular complexity index is 485. The van der Waals surface area contributed by atoms with E-state index in [0.717, 1.165) is 0 Å². The Morgan fingerprint density at radius 1 is 1.38 bits per heavy atom. The largest absolute Gasteiger partial charge is 0.374 e. The number of rotatable bonds is 6. The van der Waals surface area contributed by atoms with Crippen LogP contribution in [0.4, 0.5) is 13.2 Å². The van der Waals surface area contributed by atoms with Gasteiger partial charge in [-0.2, -0.15) is 0 Å². The summed E-state index contributed by atoms with van der Waals surface area (Å²) in [6, 6.07) is 5.30. The molecule has 0 radical (unpaired) electrons. The average Bonchev–Trinajstić information content (AvgIpc) is 2.45. The molecule has 4 nitrogen and oxygen atoms in total. The lowest BCUT2D eigenvalue weighted by Gasteiger charge is -2.35. The van der Waals surface area contributed by atoms with Crippen molar-refractivity contribution in [1.82, 2.24) is 10.2 Å². The van der Waals surface area contributed by atoms with Crippen LogP contribution in [0, 0.1) is 5.82 Å². The first-order valence-electron chi connectivity index (χ1n) is 6.71. The van der Waals surface area contributed by atoms with E-state index >= 15 is 0 Å². The molecule has 21 heavy (non-hydrogen) atoms. The van der Waals surface area contributed by atoms with Gasteiger partial charge in [0.1, 0.15) is 18.5 Å². The van der Waals surface area contributed by atoms with Crippen LogP contribution in [0.1, 0.15) is 11.6 Å². The molecule has 2 rings (SSSR count). The highest BCUT2D eigenvalue weighted by Crippen LogP contribution is 2.25. The summed E-state index contributed by atoms with van der Waals surface area (Å²) >= 11 is 0. The van der Waals surface area contributed by atoms with Gasteiger partial charge in [-0.1, -0.05) is 18.2 Å². The summed E-state index contributed by atoms with van der Waals surface area (Å²) in [5.74, 6) is -0.752. The van der Waals surface area contributed by atoms with Crippen molar-refractivity contribution in [3.63, 3.8) is 0 Å². The van der Waals surface area contributed by atoms with E-state index in [1.165, 1.54) is 6.07 Å². The molecule has 116 valence electrons. The van der Waals surface area contributed by atoms with Crippen LogP contribution >= 0.6 is 0 Å². The molecule has 0 aromatic heterocycles. The first kappa shape index (κ1) is 15.8. The number of carbonyl (C=O) groups excluding carboxylic acids is 1. The molecule has 0 aliphatic carbocycles. The van der Waals surface area contributed by atoms with Crippen molar-refractivity contribution in [1.29, 1.82) is 0 Å². The van der Waals surface area contributed by atoms with Gasteiger partial charge in [0, 0.05) is 25.2 Å². The Balaban J connectivity index is 2.04. The van der Waals surface area contributed by atoms with Crippen molar-refractivity contribution < 1.29 is 22.7 Å². The zero-order valence-electron chi connectivity index (χ0n) is 11.4. The Morgan fingerprint density at radius 2 is 2.14 bits per heavy atom. The predicted octanol–water partition coefficient (Wildman–Crippen LogP) is 1.58. The second-order valence-electron chi connectivity index (χ2n) is 4.72. The maximum Gasteiger partial charge on any atom is 0.261 e. The van der Waals surface area contributed by atoms with Crippen molar-refractivity contribution in [2.45, 2.75) is 12.5 Å². The number of carbonyl (C=O) groups is 1. The van der Waals surface area contributed by atoms with Crippen molar-refractivity contribution in [2.24, 2.45) is 0 Å². The van der Waals surface area contributed by atoms with Crippen LogP contribution in [0.3, 0.4) is 0 Å². The van der Waals surface area contributed by atoms with Gasteiger partial charge < -0.3 is 10.1 Å². The smallest absolute Gasteiger partial charge is 0.261 e. The van der Waals surface area contributed by atoms with Crippen LogP contribution < -0.4 is 5.32 Å². The lowest BCUT2D eigenvalue weighted by molar-refractivity contribution is -0.130. The molecule has 1 aromatic rings. The topological polar surface area (TPSA) is 41.6 Å². The maximum absolute atomic E-state index is 13.9. The van der Waals surface area contributed by atoms with Crippen molar-refractivity contribution in [3.05, 3.63) is 35.6 Å². The number of ether oxygens (including phenoxy) is 1. The van der Waals surface area contributed by atoms with Gasteiger partial charge in [-0.25, -0.2) is 13.2 Å². The minimum atomic E-state index is -2.52. The third-order valence-electron chi connectivity index (χ3n) is 3.28. The molecule has 1 amide bonds. The standard InChI is InChI=1S/C14H17F3N2O2/c15-11-4-2-1-3-10(11)13-14(20)18-5-6-19(13)7-8-21-9-12(16)17/h1-4,12-13H,5-9H2,(H,18,20)/t13-/m1/s1. The molecular formula is C14H17F3N2O2. The quantitative estimate of drug-likeness (QED) is 0.811. The highest BCUT2D eigenvalue weighted by molar-refractivity contribution is 5.84. The summed E-state index contributed by atoms with van der Waals surface area (Å²) in [6.45, 7) is 0.688. The van der Waals surface area contributed by atoms with E-state index in [1.807, 2.05) is 0 Å². The molecule has 0 saturated carbocycles. The maximum atomic E-state index is 13.9. The van der Waals surface area contributed by atoms with Gasteiger partial charge in [0.05, 0.1) is 6.61 Å². The summed E-state index contributed by atoms with van der Waals surface area (Å²) in [4.78, 5) is 13.8. The number of hydrogen-bond acceptors (Lipinski definition) is 3. The summed E-state index contributed by atoms with van der Waals surface area (Å²) in [7, 11) is 0. The van der Waals surface area contributed by atoms with Crippen LogP contribution in [0.15, 0.2) is 24.3 Å². The second-order valence-corrected chi connectivity index (χ2v) is 4.72. The summed E-state index contributed by atoms with van der Waals surface area (Å²) in [5.41, 5.74) is 0.281. The molecule has 1 aromatic carbocycles. The highest BCUT2D eigenvalue weighted by Gasteiger charge is 2.32. The SMILES string of the molecule is O=C1NCCN(CCOCC(F)F)[C@@H]1c1ccccc1F. The highest BCUT2D eigenvalue weighted by atomic mass is 19.3. The Labute approximate surface area is 120 Å². The number of amides is 1. The van der Waals surface area contributed by atoms with Gasteiger partial charge in [0.25, 0.3) is 6.43 Å². The Morgan fingerprint density at radius 3 is 2.86 bits per heavy atom. The lowest BCUT2D eigenvalue weighted by atomic mass is 10.0. The first-order chi connectivity index (χ1) is 10.1. The lowest BCUT2D eigenvalue weighted by Crippen LogP contribution is -2.51. The van der Waals surface area contributed by atoms with Gasteiger partial charge in [0.15, 0.2) is 0 Å². The summed E-state index contributed by atoms with van der Waals surface area (Å²) in [6.07, 6.45) is -2.52. The van der Waals surface area contributed by atoms with Crippen molar-refractivity contribution in [3.8, 4) is 0 Å². The van der Waals surface area contributed by atoms with E-state index in [9.17, 15) is 18.0 Å². The van der Waals surface area contributed by atoms with Crippen molar-refractivity contribution >= 4 is 5.91 Å². The van der Waals surface area contributed by atoms with Gasteiger partial charge in [0.2, 0.25) is 5.91 Å². The molecule has 0 spiro atoms. The third-order valence-corrected chi connectivity index (χ3v) is 3.28. The molecule has 1 N–H and O–H groups in total. The molecule has 0 unspecified atom stereocenters. The summed E-state index contributed by atoms with van der Waals surface area (Å²) < 4.78 is 42.7. The van der Waals surface area contributed by atoms with Gasteiger partial charge in [-0.05, 0) is 6.07 Å². The Hall–Kier alpha value is -1.60. The zero-order chi connectivity index (χ0) is 15.2. The van der Waals surface area contributed by atoms with Crippen LogP contribution in [0.2, 0.25) is 0 Å².